The highest BCUT2D eigenvalue weighted by Gasteiger charge is 2.34. The molecule has 1 fully saturated rings. The molecule has 0 aromatic heterocycles. The number of amides is 2. The number of nitrogens with zero attached hydrogens (tertiary/aromatic N) is 1. The van der Waals surface area contributed by atoms with Gasteiger partial charge in [0.15, 0.2) is 0 Å². The molecule has 0 saturated carbocycles. The van der Waals surface area contributed by atoms with E-state index in [1.165, 1.54) is 0 Å². The zero-order valence-corrected chi connectivity index (χ0v) is 19.1. The number of hydrogen-bond acceptors (Lipinski definition) is 5. The van der Waals surface area contributed by atoms with Crippen LogP contribution in [0.15, 0.2) is 48.5 Å². The lowest BCUT2D eigenvalue weighted by Gasteiger charge is -2.19. The van der Waals surface area contributed by atoms with Crippen LogP contribution in [0.2, 0.25) is 0 Å². The molecule has 4 rings (SSSR count). The van der Waals surface area contributed by atoms with Gasteiger partial charge in [0.05, 0.1) is 18.9 Å². The number of nitrogens with one attached hydrogen (secondary N) is 1. The van der Waals surface area contributed by atoms with Gasteiger partial charge in [-0.05, 0) is 34.1 Å². The van der Waals surface area contributed by atoms with E-state index in [9.17, 15) is 19.5 Å². The van der Waals surface area contributed by atoms with Crippen LogP contribution in [0, 0.1) is 11.8 Å². The molecule has 1 unspecified atom stereocenters. The van der Waals surface area contributed by atoms with E-state index in [2.05, 4.69) is 17.4 Å². The average Bonchev–Trinajstić information content (AvgIpc) is 3.33. The normalized spacial score (nSPS) is 19.9. The van der Waals surface area contributed by atoms with Gasteiger partial charge in [0.1, 0.15) is 6.61 Å². The molecule has 34 heavy (non-hydrogen) atoms. The van der Waals surface area contributed by atoms with E-state index < -0.39 is 18.2 Å². The van der Waals surface area contributed by atoms with Crippen LogP contribution in [-0.4, -0.2) is 65.4 Å². The van der Waals surface area contributed by atoms with Crippen molar-refractivity contribution in [2.24, 2.45) is 11.8 Å². The van der Waals surface area contributed by atoms with Crippen LogP contribution in [-0.2, 0) is 14.3 Å². The van der Waals surface area contributed by atoms with E-state index in [1.54, 1.807) is 4.90 Å². The smallest absolute Gasteiger partial charge is 0.407 e. The summed E-state index contributed by atoms with van der Waals surface area (Å²) in [5, 5.41) is 21.8. The summed E-state index contributed by atoms with van der Waals surface area (Å²) in [5.41, 5.74) is 4.51. The zero-order valence-electron chi connectivity index (χ0n) is 19.1. The standard InChI is InChI=1S/C26H30N2O6/c1-16-13-28(14-17(16)10-25(31)32)24(30)11-18(29)12-27-26(33)34-15-23-21-8-4-2-6-19(21)20-7-3-5-9-22(20)23/h2-9,16-18,23,29H,10-15H2,1H3,(H,27,33)(H,31,32)/t16-,17-,18?/m1/s1. The Hall–Kier alpha value is -3.39. The third kappa shape index (κ3) is 5.22. The summed E-state index contributed by atoms with van der Waals surface area (Å²) < 4.78 is 5.45. The highest BCUT2D eigenvalue weighted by atomic mass is 16.5. The predicted octanol–water partition coefficient (Wildman–Crippen LogP) is 2.85. The minimum Gasteiger partial charge on any atom is -0.481 e. The Morgan fingerprint density at radius 2 is 1.68 bits per heavy atom. The summed E-state index contributed by atoms with van der Waals surface area (Å²) >= 11 is 0. The third-order valence-corrected chi connectivity index (χ3v) is 6.79. The quantitative estimate of drug-likeness (QED) is 0.551. The van der Waals surface area contributed by atoms with E-state index in [0.29, 0.717) is 13.1 Å². The monoisotopic (exact) mass is 466 g/mol. The number of aliphatic carboxylic acids is 1. The molecular formula is C26H30N2O6. The summed E-state index contributed by atoms with van der Waals surface area (Å²) in [6.07, 6.45) is -1.82. The van der Waals surface area contributed by atoms with Gasteiger partial charge in [-0.2, -0.15) is 0 Å². The molecule has 8 nitrogen and oxygen atoms in total. The Labute approximate surface area is 198 Å². The van der Waals surface area contributed by atoms with Crippen molar-refractivity contribution in [2.45, 2.75) is 31.8 Å². The number of benzene rings is 2. The largest absolute Gasteiger partial charge is 0.481 e. The second-order valence-electron chi connectivity index (χ2n) is 9.20. The van der Waals surface area contributed by atoms with Crippen molar-refractivity contribution in [3.05, 3.63) is 59.7 Å². The number of aliphatic hydroxyl groups is 1. The van der Waals surface area contributed by atoms with Gasteiger partial charge in [-0.3, -0.25) is 9.59 Å². The second kappa shape index (κ2) is 10.3. The Bertz CT molecular complexity index is 1030. The first kappa shape index (κ1) is 23.8. The summed E-state index contributed by atoms with van der Waals surface area (Å²) in [6.45, 7) is 2.84. The molecule has 1 saturated heterocycles. The number of likely N-dealkylation sites (tertiary alicyclic amines) is 1. The Morgan fingerprint density at radius 1 is 1.06 bits per heavy atom. The maximum Gasteiger partial charge on any atom is 0.407 e. The SMILES string of the molecule is C[C@@H]1CN(C(=O)CC(O)CNC(=O)OCC2c3ccccc3-c3ccccc32)C[C@H]1CC(=O)O. The lowest BCUT2D eigenvalue weighted by Crippen LogP contribution is -2.38. The summed E-state index contributed by atoms with van der Waals surface area (Å²) in [4.78, 5) is 37.3. The van der Waals surface area contributed by atoms with Gasteiger partial charge in [-0.15, -0.1) is 0 Å². The number of carboxylic acid groups (broad SMARTS) is 1. The highest BCUT2D eigenvalue weighted by Crippen LogP contribution is 2.44. The van der Waals surface area contributed by atoms with E-state index in [0.717, 1.165) is 22.3 Å². The first-order valence-corrected chi connectivity index (χ1v) is 11.6. The molecule has 0 spiro atoms. The van der Waals surface area contributed by atoms with Crippen LogP contribution >= 0.6 is 0 Å². The maximum atomic E-state index is 12.5. The minimum absolute atomic E-state index is 0.0246. The first-order valence-electron chi connectivity index (χ1n) is 11.6. The second-order valence-corrected chi connectivity index (χ2v) is 9.20. The lowest BCUT2D eigenvalue weighted by molar-refractivity contribution is -0.139. The van der Waals surface area contributed by atoms with Crippen molar-refractivity contribution in [2.75, 3.05) is 26.2 Å². The van der Waals surface area contributed by atoms with Crippen LogP contribution in [0.25, 0.3) is 11.1 Å². The van der Waals surface area contributed by atoms with Crippen LogP contribution in [0.1, 0.15) is 36.8 Å². The number of fused-ring (bicyclic) bond motifs is 3. The number of carbonyl (C=O) groups excluding carboxylic acids is 2. The van der Waals surface area contributed by atoms with Gasteiger partial charge < -0.3 is 25.2 Å². The van der Waals surface area contributed by atoms with Crippen molar-refractivity contribution in [1.82, 2.24) is 10.2 Å². The number of rotatable bonds is 8. The van der Waals surface area contributed by atoms with Crippen LogP contribution < -0.4 is 5.32 Å². The molecule has 1 aliphatic heterocycles. The van der Waals surface area contributed by atoms with Crippen LogP contribution in [0.4, 0.5) is 4.79 Å². The molecule has 2 aromatic rings. The van der Waals surface area contributed by atoms with Crippen molar-refractivity contribution in [1.29, 1.82) is 0 Å². The molecule has 3 N–H and O–H groups in total. The molecule has 180 valence electrons. The van der Waals surface area contributed by atoms with Crippen LogP contribution in [0.3, 0.4) is 0 Å². The van der Waals surface area contributed by atoms with Gasteiger partial charge in [0, 0.05) is 25.6 Å². The zero-order chi connectivity index (χ0) is 24.2. The summed E-state index contributed by atoms with van der Waals surface area (Å²) in [6, 6.07) is 16.1. The lowest BCUT2D eigenvalue weighted by atomic mass is 9.95. The third-order valence-electron chi connectivity index (χ3n) is 6.79. The number of hydrogen-bond donors (Lipinski definition) is 3. The maximum absolute atomic E-state index is 12.5. The molecular weight excluding hydrogens is 436 g/mol. The number of ether oxygens (including phenoxy) is 1. The Balaban J connectivity index is 1.23. The van der Waals surface area contributed by atoms with Crippen molar-refractivity contribution in [3.63, 3.8) is 0 Å². The molecule has 0 radical (unpaired) electrons. The summed E-state index contributed by atoms with van der Waals surface area (Å²) in [7, 11) is 0. The highest BCUT2D eigenvalue weighted by molar-refractivity contribution is 5.79. The number of alkyl carbamates (subject to hydrolysis) is 1. The van der Waals surface area contributed by atoms with Crippen molar-refractivity contribution >= 4 is 18.0 Å². The number of carbonyl (C=O) groups is 3. The van der Waals surface area contributed by atoms with E-state index in [1.807, 2.05) is 43.3 Å². The van der Waals surface area contributed by atoms with Gasteiger partial charge in [0.2, 0.25) is 5.91 Å². The number of carboxylic acids is 1. The van der Waals surface area contributed by atoms with Gasteiger partial charge in [0.25, 0.3) is 0 Å². The van der Waals surface area contributed by atoms with Gasteiger partial charge in [-0.1, -0.05) is 55.5 Å². The molecule has 2 amide bonds. The molecule has 8 heteroatoms. The fraction of sp³-hybridized carbons (Fsp3) is 0.423. The molecule has 1 heterocycles. The van der Waals surface area contributed by atoms with Gasteiger partial charge in [-0.25, -0.2) is 4.79 Å². The predicted molar refractivity (Wildman–Crippen MR) is 125 cm³/mol. The number of aliphatic hydroxyl groups excluding tert-OH is 1. The van der Waals surface area contributed by atoms with E-state index >= 15 is 0 Å². The molecule has 3 atom stereocenters. The average molecular weight is 467 g/mol. The molecule has 2 aromatic carbocycles. The Kier molecular flexibility index (Phi) is 7.17. The summed E-state index contributed by atoms with van der Waals surface area (Å²) in [5.74, 6) is -1.17. The molecule has 0 bridgehead atoms. The first-order chi connectivity index (χ1) is 16.3. The van der Waals surface area contributed by atoms with E-state index in [-0.39, 0.29) is 49.7 Å². The Morgan fingerprint density at radius 3 is 2.29 bits per heavy atom. The molecule has 1 aliphatic carbocycles. The fourth-order valence-electron chi connectivity index (χ4n) is 4.98. The van der Waals surface area contributed by atoms with Crippen molar-refractivity contribution < 1.29 is 29.3 Å². The van der Waals surface area contributed by atoms with Crippen LogP contribution in [0.5, 0.6) is 0 Å². The van der Waals surface area contributed by atoms with E-state index in [4.69, 9.17) is 9.84 Å². The molecule has 2 aliphatic rings. The minimum atomic E-state index is -1.05. The van der Waals surface area contributed by atoms with Gasteiger partial charge >= 0.3 is 12.1 Å². The van der Waals surface area contributed by atoms with Crippen molar-refractivity contribution in [3.8, 4) is 11.1 Å². The topological polar surface area (TPSA) is 116 Å². The fourth-order valence-corrected chi connectivity index (χ4v) is 4.98.